The molecule has 152 valence electrons. The molecule has 0 atom stereocenters. The molecule has 0 unspecified atom stereocenters. The zero-order chi connectivity index (χ0) is 21.0. The third kappa shape index (κ3) is 5.34. The predicted molar refractivity (Wildman–Crippen MR) is 117 cm³/mol. The fourth-order valence-corrected chi connectivity index (χ4v) is 5.53. The third-order valence-corrected chi connectivity index (χ3v) is 7.28. The second-order valence-electron chi connectivity index (χ2n) is 6.22. The Morgan fingerprint density at radius 3 is 2.66 bits per heavy atom. The Labute approximate surface area is 178 Å². The van der Waals surface area contributed by atoms with Crippen LogP contribution >= 0.6 is 23.1 Å². The highest BCUT2D eigenvalue weighted by Gasteiger charge is 2.20. The summed E-state index contributed by atoms with van der Waals surface area (Å²) in [6.45, 7) is 5.57. The van der Waals surface area contributed by atoms with Gasteiger partial charge < -0.3 is 0 Å². The van der Waals surface area contributed by atoms with E-state index in [4.69, 9.17) is 0 Å². The first-order valence-corrected chi connectivity index (χ1v) is 12.0. The van der Waals surface area contributed by atoms with E-state index in [1.807, 2.05) is 19.9 Å². The molecule has 0 aliphatic heterocycles. The van der Waals surface area contributed by atoms with Crippen molar-refractivity contribution in [2.75, 3.05) is 15.8 Å². The summed E-state index contributed by atoms with van der Waals surface area (Å²) in [6.07, 6.45) is 0. The molecule has 2 N–H and O–H groups in total. The lowest BCUT2D eigenvalue weighted by Crippen LogP contribution is -2.17. The van der Waals surface area contributed by atoms with Crippen LogP contribution in [0.15, 0.2) is 51.7 Å². The van der Waals surface area contributed by atoms with Crippen molar-refractivity contribution in [1.29, 1.82) is 0 Å². The van der Waals surface area contributed by atoms with Crippen molar-refractivity contribution in [2.24, 2.45) is 0 Å². The smallest absolute Gasteiger partial charge is 0.262 e. The SMILES string of the molecule is CCSc1nnc(NC(=O)c2ccc(C)c(S(=O)(=O)Nc3cccc(C)c3)c2)s1. The lowest BCUT2D eigenvalue weighted by atomic mass is 10.1. The van der Waals surface area contributed by atoms with Gasteiger partial charge in [0.2, 0.25) is 5.13 Å². The highest BCUT2D eigenvalue weighted by molar-refractivity contribution is 8.01. The first-order valence-electron chi connectivity index (χ1n) is 8.76. The molecule has 3 rings (SSSR count). The lowest BCUT2D eigenvalue weighted by Gasteiger charge is -2.12. The summed E-state index contributed by atoms with van der Waals surface area (Å²) in [5.41, 5.74) is 2.17. The molecule has 0 saturated heterocycles. The Morgan fingerprint density at radius 1 is 1.14 bits per heavy atom. The number of thioether (sulfide) groups is 1. The average molecular weight is 449 g/mol. The molecule has 0 fully saturated rings. The van der Waals surface area contributed by atoms with Crippen LogP contribution < -0.4 is 10.0 Å². The Balaban J connectivity index is 1.83. The number of hydrogen-bond acceptors (Lipinski definition) is 7. The number of carbonyl (C=O) groups is 1. The number of hydrogen-bond donors (Lipinski definition) is 2. The monoisotopic (exact) mass is 448 g/mol. The molecule has 2 aromatic carbocycles. The van der Waals surface area contributed by atoms with Gasteiger partial charge in [0.05, 0.1) is 4.90 Å². The summed E-state index contributed by atoms with van der Waals surface area (Å²) in [5.74, 6) is 0.414. The van der Waals surface area contributed by atoms with Gasteiger partial charge in [0.1, 0.15) is 0 Å². The van der Waals surface area contributed by atoms with Crippen molar-refractivity contribution in [3.05, 3.63) is 59.2 Å². The average Bonchev–Trinajstić information content (AvgIpc) is 3.08. The minimum atomic E-state index is -3.85. The van der Waals surface area contributed by atoms with Crippen LogP contribution in [0.1, 0.15) is 28.4 Å². The first-order chi connectivity index (χ1) is 13.8. The van der Waals surface area contributed by atoms with Gasteiger partial charge in [-0.2, -0.15) is 0 Å². The van der Waals surface area contributed by atoms with Crippen molar-refractivity contribution >= 4 is 49.8 Å². The van der Waals surface area contributed by atoms with Crippen LogP contribution in [-0.4, -0.2) is 30.3 Å². The largest absolute Gasteiger partial charge is 0.296 e. The van der Waals surface area contributed by atoms with Crippen LogP contribution in [0.3, 0.4) is 0 Å². The van der Waals surface area contributed by atoms with Crippen LogP contribution in [0.4, 0.5) is 10.8 Å². The van der Waals surface area contributed by atoms with Crippen molar-refractivity contribution in [3.8, 4) is 0 Å². The molecule has 7 nitrogen and oxygen atoms in total. The summed E-state index contributed by atoms with van der Waals surface area (Å²) in [7, 11) is -3.85. The van der Waals surface area contributed by atoms with Crippen LogP contribution in [-0.2, 0) is 10.0 Å². The second kappa shape index (κ2) is 8.93. The zero-order valence-electron chi connectivity index (χ0n) is 16.1. The summed E-state index contributed by atoms with van der Waals surface area (Å²) in [6, 6.07) is 11.6. The minimum Gasteiger partial charge on any atom is -0.296 e. The highest BCUT2D eigenvalue weighted by atomic mass is 32.2. The molecule has 3 aromatic rings. The quantitative estimate of drug-likeness (QED) is 0.412. The van der Waals surface area contributed by atoms with Crippen molar-refractivity contribution in [1.82, 2.24) is 10.2 Å². The van der Waals surface area contributed by atoms with E-state index < -0.39 is 15.9 Å². The summed E-state index contributed by atoms with van der Waals surface area (Å²) in [4.78, 5) is 12.6. The van der Waals surface area contributed by atoms with E-state index in [9.17, 15) is 13.2 Å². The van der Waals surface area contributed by atoms with Gasteiger partial charge in [-0.1, -0.05) is 48.2 Å². The van der Waals surface area contributed by atoms with Gasteiger partial charge >= 0.3 is 0 Å². The number of carbonyl (C=O) groups excluding carboxylic acids is 1. The van der Waals surface area contributed by atoms with Crippen LogP contribution in [0, 0.1) is 13.8 Å². The molecular weight excluding hydrogens is 428 g/mol. The number of anilines is 2. The van der Waals surface area contributed by atoms with E-state index in [0.29, 0.717) is 16.4 Å². The highest BCUT2D eigenvalue weighted by Crippen LogP contribution is 2.26. The van der Waals surface area contributed by atoms with Gasteiger partial charge in [0, 0.05) is 11.3 Å². The Kier molecular flexibility index (Phi) is 6.56. The molecule has 0 aliphatic rings. The van der Waals surface area contributed by atoms with E-state index in [1.165, 1.54) is 29.2 Å². The van der Waals surface area contributed by atoms with Crippen LogP contribution in [0.5, 0.6) is 0 Å². The molecule has 1 aromatic heterocycles. The Bertz CT molecular complexity index is 1140. The molecule has 1 amide bonds. The van der Waals surface area contributed by atoms with Crippen LogP contribution in [0.25, 0.3) is 0 Å². The zero-order valence-corrected chi connectivity index (χ0v) is 18.5. The standard InChI is InChI=1S/C19H20N4O3S3/c1-4-27-19-22-21-18(28-19)20-17(24)14-9-8-13(3)16(11-14)29(25,26)23-15-7-5-6-12(2)10-15/h5-11,23H,4H2,1-3H3,(H,20,21,24). The number of sulfonamides is 1. The number of aromatic nitrogens is 2. The fourth-order valence-electron chi connectivity index (χ4n) is 2.56. The lowest BCUT2D eigenvalue weighted by molar-refractivity contribution is 0.102. The normalized spacial score (nSPS) is 11.3. The molecule has 10 heteroatoms. The number of benzene rings is 2. The van der Waals surface area contributed by atoms with Gasteiger partial charge in [0.15, 0.2) is 4.34 Å². The van der Waals surface area contributed by atoms with Crippen molar-refractivity contribution in [2.45, 2.75) is 30.0 Å². The van der Waals surface area contributed by atoms with E-state index in [1.54, 1.807) is 37.3 Å². The number of nitrogens with zero attached hydrogens (tertiary/aromatic N) is 2. The maximum Gasteiger partial charge on any atom is 0.262 e. The third-order valence-electron chi connectivity index (χ3n) is 3.90. The number of aryl methyl sites for hydroxylation is 2. The Hall–Kier alpha value is -2.43. The molecule has 29 heavy (non-hydrogen) atoms. The van der Waals surface area contributed by atoms with Gasteiger partial charge in [-0.3, -0.25) is 14.8 Å². The molecule has 0 bridgehead atoms. The topological polar surface area (TPSA) is 101 Å². The maximum atomic E-state index is 12.9. The molecule has 0 spiro atoms. The van der Waals surface area contributed by atoms with E-state index in [2.05, 4.69) is 20.2 Å². The Morgan fingerprint density at radius 2 is 1.93 bits per heavy atom. The van der Waals surface area contributed by atoms with Gasteiger partial charge in [-0.05, 0) is 55.0 Å². The summed E-state index contributed by atoms with van der Waals surface area (Å²) >= 11 is 2.81. The molecule has 1 heterocycles. The predicted octanol–water partition coefficient (Wildman–Crippen LogP) is 4.32. The second-order valence-corrected chi connectivity index (χ2v) is 10.4. The number of nitrogens with one attached hydrogen (secondary N) is 2. The van der Waals surface area contributed by atoms with E-state index in [0.717, 1.165) is 15.7 Å². The van der Waals surface area contributed by atoms with Gasteiger partial charge in [0.25, 0.3) is 15.9 Å². The molecule has 0 aliphatic carbocycles. The summed E-state index contributed by atoms with van der Waals surface area (Å²) < 4.78 is 29.1. The van der Waals surface area contributed by atoms with Crippen LogP contribution in [0.2, 0.25) is 0 Å². The van der Waals surface area contributed by atoms with E-state index in [-0.39, 0.29) is 10.5 Å². The fraction of sp³-hybridized carbons (Fsp3) is 0.211. The number of amides is 1. The first kappa shape index (κ1) is 21.3. The molecule has 0 radical (unpaired) electrons. The number of rotatable bonds is 7. The van der Waals surface area contributed by atoms with Gasteiger partial charge in [-0.25, -0.2) is 8.42 Å². The van der Waals surface area contributed by atoms with E-state index >= 15 is 0 Å². The van der Waals surface area contributed by atoms with Crippen molar-refractivity contribution < 1.29 is 13.2 Å². The van der Waals surface area contributed by atoms with Crippen molar-refractivity contribution in [3.63, 3.8) is 0 Å². The van der Waals surface area contributed by atoms with Gasteiger partial charge in [-0.15, -0.1) is 10.2 Å². The minimum absolute atomic E-state index is 0.0474. The molecule has 0 saturated carbocycles. The summed E-state index contributed by atoms with van der Waals surface area (Å²) in [5, 5.41) is 11.0. The maximum absolute atomic E-state index is 12.9. The molecular formula is C19H20N4O3S3.